The van der Waals surface area contributed by atoms with Gasteiger partial charge in [0.1, 0.15) is 0 Å². The van der Waals surface area contributed by atoms with Crippen LogP contribution in [0.4, 0.5) is 0 Å². The molecule has 11 heavy (non-hydrogen) atoms. The molecule has 0 aromatic carbocycles. The highest BCUT2D eigenvalue weighted by molar-refractivity contribution is 4.86. The minimum atomic E-state index is 0.0133. The predicted octanol–water partition coefficient (Wildman–Crippen LogP) is 0.653. The molecular weight excluding hydrogens is 140 g/mol. The third kappa shape index (κ3) is 1.48. The molecule has 1 aliphatic rings. The average Bonchev–Trinajstić information content (AvgIpc) is 2.78. The molecular formula is C8H10N2O. The minimum Gasteiger partial charge on any atom is -0.268 e. The molecule has 0 amide bonds. The maximum Gasteiger partial charge on any atom is 0.266 e. The van der Waals surface area contributed by atoms with Gasteiger partial charge < -0.3 is 0 Å². The summed E-state index contributed by atoms with van der Waals surface area (Å²) in [5, 5.41) is 3.96. The molecule has 0 unspecified atom stereocenters. The molecule has 0 aliphatic heterocycles. The molecule has 3 nitrogen and oxygen atoms in total. The number of hydrogen-bond acceptors (Lipinski definition) is 2. The molecule has 1 aliphatic carbocycles. The average molecular weight is 150 g/mol. The van der Waals surface area contributed by atoms with Gasteiger partial charge in [-0.1, -0.05) is 0 Å². The van der Waals surface area contributed by atoms with E-state index in [0.29, 0.717) is 5.92 Å². The van der Waals surface area contributed by atoms with E-state index in [1.54, 1.807) is 18.3 Å². The van der Waals surface area contributed by atoms with Crippen molar-refractivity contribution in [3.63, 3.8) is 0 Å². The van der Waals surface area contributed by atoms with E-state index < -0.39 is 0 Å². The van der Waals surface area contributed by atoms with Gasteiger partial charge in [0.25, 0.3) is 5.56 Å². The van der Waals surface area contributed by atoms with Crippen LogP contribution in [0.15, 0.2) is 23.1 Å². The van der Waals surface area contributed by atoms with E-state index in [4.69, 9.17) is 0 Å². The summed E-state index contributed by atoms with van der Waals surface area (Å²) < 4.78 is 1.54. The molecule has 1 heterocycles. The van der Waals surface area contributed by atoms with Gasteiger partial charge in [-0.05, 0) is 24.8 Å². The number of aromatic nitrogens is 2. The number of rotatable bonds is 2. The van der Waals surface area contributed by atoms with Crippen molar-refractivity contribution in [3.8, 4) is 0 Å². The smallest absolute Gasteiger partial charge is 0.266 e. The van der Waals surface area contributed by atoms with Crippen molar-refractivity contribution >= 4 is 0 Å². The molecule has 1 fully saturated rings. The SMILES string of the molecule is O=c1cccnn1CC1CC1. The highest BCUT2D eigenvalue weighted by Crippen LogP contribution is 2.29. The van der Waals surface area contributed by atoms with Crippen LogP contribution in [0, 0.1) is 5.92 Å². The second kappa shape index (κ2) is 2.49. The maximum atomic E-state index is 11.1. The van der Waals surface area contributed by atoms with E-state index >= 15 is 0 Å². The molecule has 0 atom stereocenters. The first-order valence-electron chi connectivity index (χ1n) is 3.88. The van der Waals surface area contributed by atoms with Crippen molar-refractivity contribution in [1.29, 1.82) is 0 Å². The van der Waals surface area contributed by atoms with E-state index in [1.165, 1.54) is 17.5 Å². The van der Waals surface area contributed by atoms with E-state index in [-0.39, 0.29) is 5.56 Å². The summed E-state index contributed by atoms with van der Waals surface area (Å²) in [4.78, 5) is 11.1. The Bertz CT molecular complexity index is 301. The van der Waals surface area contributed by atoms with Gasteiger partial charge in [0.05, 0.1) is 0 Å². The predicted molar refractivity (Wildman–Crippen MR) is 41.2 cm³/mol. The monoisotopic (exact) mass is 150 g/mol. The quantitative estimate of drug-likeness (QED) is 0.620. The fourth-order valence-corrected chi connectivity index (χ4v) is 1.07. The van der Waals surface area contributed by atoms with Crippen molar-refractivity contribution < 1.29 is 0 Å². The minimum absolute atomic E-state index is 0.0133. The van der Waals surface area contributed by atoms with Gasteiger partial charge in [0, 0.05) is 18.8 Å². The van der Waals surface area contributed by atoms with Crippen LogP contribution in [0.25, 0.3) is 0 Å². The lowest BCUT2D eigenvalue weighted by Gasteiger charge is -1.99. The van der Waals surface area contributed by atoms with Crippen LogP contribution in [-0.4, -0.2) is 9.78 Å². The highest BCUT2D eigenvalue weighted by Gasteiger charge is 2.22. The van der Waals surface area contributed by atoms with Crippen LogP contribution in [0.5, 0.6) is 0 Å². The Morgan fingerprint density at radius 3 is 3.09 bits per heavy atom. The third-order valence-corrected chi connectivity index (χ3v) is 1.91. The maximum absolute atomic E-state index is 11.1. The van der Waals surface area contributed by atoms with Crippen LogP contribution < -0.4 is 5.56 Å². The zero-order valence-corrected chi connectivity index (χ0v) is 6.23. The van der Waals surface area contributed by atoms with E-state index in [0.717, 1.165) is 6.54 Å². The molecule has 0 spiro atoms. The molecule has 0 radical (unpaired) electrons. The molecule has 0 saturated heterocycles. The van der Waals surface area contributed by atoms with Crippen molar-refractivity contribution in [2.45, 2.75) is 19.4 Å². The Morgan fingerprint density at radius 2 is 2.45 bits per heavy atom. The second-order valence-electron chi connectivity index (χ2n) is 2.99. The second-order valence-corrected chi connectivity index (χ2v) is 2.99. The van der Waals surface area contributed by atoms with E-state index in [9.17, 15) is 4.79 Å². The Hall–Kier alpha value is -1.12. The van der Waals surface area contributed by atoms with Crippen molar-refractivity contribution in [2.75, 3.05) is 0 Å². The van der Waals surface area contributed by atoms with Gasteiger partial charge in [0.2, 0.25) is 0 Å². The lowest BCUT2D eigenvalue weighted by Crippen LogP contribution is -2.21. The van der Waals surface area contributed by atoms with Crippen LogP contribution in [0.3, 0.4) is 0 Å². The Kier molecular flexibility index (Phi) is 1.49. The van der Waals surface area contributed by atoms with Crippen molar-refractivity contribution in [3.05, 3.63) is 28.7 Å². The third-order valence-electron chi connectivity index (χ3n) is 1.91. The molecule has 1 aromatic heterocycles. The Balaban J connectivity index is 2.21. The van der Waals surface area contributed by atoms with Crippen molar-refractivity contribution in [2.24, 2.45) is 5.92 Å². The molecule has 0 bridgehead atoms. The fraction of sp³-hybridized carbons (Fsp3) is 0.500. The van der Waals surface area contributed by atoms with E-state index in [1.807, 2.05) is 0 Å². The zero-order valence-electron chi connectivity index (χ0n) is 6.23. The molecule has 1 saturated carbocycles. The fourth-order valence-electron chi connectivity index (χ4n) is 1.07. The van der Waals surface area contributed by atoms with Crippen molar-refractivity contribution in [1.82, 2.24) is 9.78 Å². The summed E-state index contributed by atoms with van der Waals surface area (Å²) in [6.07, 6.45) is 4.16. The molecule has 3 heteroatoms. The summed E-state index contributed by atoms with van der Waals surface area (Å²) in [6.45, 7) is 0.805. The Labute approximate surface area is 64.7 Å². The van der Waals surface area contributed by atoms with Gasteiger partial charge in [-0.25, -0.2) is 4.68 Å². The number of hydrogen-bond donors (Lipinski definition) is 0. The topological polar surface area (TPSA) is 34.9 Å². The van der Waals surface area contributed by atoms with Crippen LogP contribution in [0.2, 0.25) is 0 Å². The van der Waals surface area contributed by atoms with Gasteiger partial charge in [-0.2, -0.15) is 5.10 Å². The first kappa shape index (κ1) is 6.58. The van der Waals surface area contributed by atoms with Crippen LogP contribution in [0.1, 0.15) is 12.8 Å². The van der Waals surface area contributed by atoms with Crippen LogP contribution >= 0.6 is 0 Å². The molecule has 0 N–H and O–H groups in total. The lowest BCUT2D eigenvalue weighted by atomic mass is 10.4. The largest absolute Gasteiger partial charge is 0.268 e. The normalized spacial score (nSPS) is 16.7. The van der Waals surface area contributed by atoms with Gasteiger partial charge in [-0.15, -0.1) is 0 Å². The Morgan fingerprint density at radius 1 is 1.64 bits per heavy atom. The first-order chi connectivity index (χ1) is 5.36. The summed E-state index contributed by atoms with van der Waals surface area (Å²) in [7, 11) is 0. The van der Waals surface area contributed by atoms with Gasteiger partial charge in [-0.3, -0.25) is 4.79 Å². The summed E-state index contributed by atoms with van der Waals surface area (Å²) in [5.74, 6) is 0.711. The number of nitrogens with zero attached hydrogens (tertiary/aromatic N) is 2. The molecule has 2 rings (SSSR count). The highest BCUT2D eigenvalue weighted by atomic mass is 16.1. The zero-order chi connectivity index (χ0) is 7.68. The van der Waals surface area contributed by atoms with E-state index in [2.05, 4.69) is 5.10 Å². The summed E-state index contributed by atoms with van der Waals surface area (Å²) in [5.41, 5.74) is 0.0133. The van der Waals surface area contributed by atoms with Gasteiger partial charge >= 0.3 is 0 Å². The lowest BCUT2D eigenvalue weighted by molar-refractivity contribution is 0.533. The molecule has 58 valence electrons. The molecule has 1 aromatic rings. The summed E-state index contributed by atoms with van der Waals surface area (Å²) in [6, 6.07) is 3.22. The summed E-state index contributed by atoms with van der Waals surface area (Å²) >= 11 is 0. The standard InChI is InChI=1S/C8H10N2O/c11-8-2-1-5-9-10(8)6-7-3-4-7/h1-2,5,7H,3-4,6H2. The van der Waals surface area contributed by atoms with Gasteiger partial charge in [0.15, 0.2) is 0 Å². The van der Waals surface area contributed by atoms with Crippen LogP contribution in [-0.2, 0) is 6.54 Å². The first-order valence-corrected chi connectivity index (χ1v) is 3.88.